The molecule has 1 aromatic carbocycles. The van der Waals surface area contributed by atoms with Crippen LogP contribution in [0.4, 0.5) is 5.69 Å². The van der Waals surface area contributed by atoms with Gasteiger partial charge >= 0.3 is 5.97 Å². The number of non-ortho nitro benzene ring substituents is 1. The van der Waals surface area contributed by atoms with E-state index < -0.39 is 16.8 Å². The number of carbonyl (C=O) groups excluding carboxylic acids is 2. The number of amides is 1. The third-order valence-electron chi connectivity index (χ3n) is 2.88. The molecule has 2 rings (SSSR count). The summed E-state index contributed by atoms with van der Waals surface area (Å²) in [6, 6.07) is 8.60. The zero-order chi connectivity index (χ0) is 17.5. The molecular weight excluding hydrogens is 316 g/mol. The first kappa shape index (κ1) is 16.9. The maximum absolute atomic E-state index is 12.0. The van der Waals surface area contributed by atoms with Gasteiger partial charge in [0.1, 0.15) is 5.70 Å². The lowest BCUT2D eigenvalue weighted by Gasteiger charge is -2.08. The Bertz CT molecular complexity index is 780. The molecule has 124 valence electrons. The summed E-state index contributed by atoms with van der Waals surface area (Å²) in [5, 5.41) is 13.2. The van der Waals surface area contributed by atoms with Crippen LogP contribution in [0.1, 0.15) is 23.0 Å². The summed E-state index contributed by atoms with van der Waals surface area (Å²) in [4.78, 5) is 34.3. The minimum atomic E-state index is -0.760. The summed E-state index contributed by atoms with van der Waals surface area (Å²) in [6.07, 6.45) is 2.62. The van der Waals surface area contributed by atoms with Crippen molar-refractivity contribution in [3.05, 3.63) is 69.8 Å². The van der Waals surface area contributed by atoms with Crippen molar-refractivity contribution in [2.45, 2.75) is 6.92 Å². The molecule has 0 spiro atoms. The van der Waals surface area contributed by atoms with Crippen molar-refractivity contribution in [2.24, 2.45) is 0 Å². The summed E-state index contributed by atoms with van der Waals surface area (Å²) >= 11 is 0. The quantitative estimate of drug-likeness (QED) is 0.377. The topological polar surface area (TPSA) is 112 Å². The first-order chi connectivity index (χ1) is 11.5. The van der Waals surface area contributed by atoms with Gasteiger partial charge in [-0.25, -0.2) is 4.79 Å². The molecule has 0 atom stereocenters. The zero-order valence-electron chi connectivity index (χ0n) is 12.7. The van der Waals surface area contributed by atoms with Gasteiger partial charge in [0.05, 0.1) is 17.8 Å². The van der Waals surface area contributed by atoms with Crippen LogP contribution in [0.25, 0.3) is 6.08 Å². The van der Waals surface area contributed by atoms with Gasteiger partial charge in [-0.15, -0.1) is 0 Å². The summed E-state index contributed by atoms with van der Waals surface area (Å²) in [5.41, 5.74) is 0.0788. The van der Waals surface area contributed by atoms with Crippen LogP contribution in [0.5, 0.6) is 0 Å². The Morgan fingerprint density at radius 1 is 1.33 bits per heavy atom. The summed E-state index contributed by atoms with van der Waals surface area (Å²) in [5.74, 6) is -1.38. The number of carbonyl (C=O) groups is 2. The van der Waals surface area contributed by atoms with Crippen LogP contribution in [0.3, 0.4) is 0 Å². The minimum Gasteiger partial charge on any atom is -0.461 e. The molecule has 1 heterocycles. The molecule has 0 bridgehead atoms. The van der Waals surface area contributed by atoms with Crippen LogP contribution in [-0.2, 0) is 9.53 Å². The molecule has 0 fully saturated rings. The number of nitrogens with one attached hydrogen (secondary N) is 1. The van der Waals surface area contributed by atoms with Crippen LogP contribution in [0, 0.1) is 10.1 Å². The van der Waals surface area contributed by atoms with Gasteiger partial charge < -0.3 is 14.5 Å². The average molecular weight is 330 g/mol. The van der Waals surface area contributed by atoms with E-state index >= 15 is 0 Å². The highest BCUT2D eigenvalue weighted by Gasteiger charge is 2.17. The van der Waals surface area contributed by atoms with Crippen molar-refractivity contribution < 1.29 is 23.7 Å². The Balaban J connectivity index is 2.31. The number of hydrogen-bond donors (Lipinski definition) is 1. The fourth-order valence-corrected chi connectivity index (χ4v) is 1.84. The van der Waals surface area contributed by atoms with Gasteiger partial charge in [0, 0.05) is 12.1 Å². The molecule has 8 heteroatoms. The lowest BCUT2D eigenvalue weighted by molar-refractivity contribution is -0.384. The Hall–Kier alpha value is -3.42. The molecule has 24 heavy (non-hydrogen) atoms. The van der Waals surface area contributed by atoms with E-state index in [1.54, 1.807) is 13.0 Å². The molecule has 0 aliphatic rings. The van der Waals surface area contributed by atoms with Gasteiger partial charge in [0.15, 0.2) is 5.76 Å². The van der Waals surface area contributed by atoms with Crippen LogP contribution in [0.2, 0.25) is 0 Å². The second kappa shape index (κ2) is 7.73. The molecule has 1 aromatic heterocycles. The van der Waals surface area contributed by atoms with E-state index in [-0.39, 0.29) is 23.8 Å². The van der Waals surface area contributed by atoms with E-state index in [9.17, 15) is 19.7 Å². The highest BCUT2D eigenvalue weighted by atomic mass is 16.6. The van der Waals surface area contributed by atoms with E-state index in [4.69, 9.17) is 9.15 Å². The van der Waals surface area contributed by atoms with Gasteiger partial charge in [0.2, 0.25) is 0 Å². The van der Waals surface area contributed by atoms with Crippen LogP contribution < -0.4 is 5.32 Å². The Morgan fingerprint density at radius 3 is 2.75 bits per heavy atom. The van der Waals surface area contributed by atoms with Crippen molar-refractivity contribution in [1.29, 1.82) is 0 Å². The third-order valence-corrected chi connectivity index (χ3v) is 2.88. The predicted molar refractivity (Wildman–Crippen MR) is 83.9 cm³/mol. The van der Waals surface area contributed by atoms with E-state index in [1.807, 2.05) is 0 Å². The van der Waals surface area contributed by atoms with Gasteiger partial charge in [-0.1, -0.05) is 12.1 Å². The van der Waals surface area contributed by atoms with Gasteiger partial charge in [0.25, 0.3) is 11.6 Å². The molecule has 0 radical (unpaired) electrons. The summed E-state index contributed by atoms with van der Waals surface area (Å²) < 4.78 is 9.84. The first-order valence-electron chi connectivity index (χ1n) is 6.99. The number of ether oxygens (including phenoxy) is 1. The van der Waals surface area contributed by atoms with Crippen molar-refractivity contribution >= 4 is 23.6 Å². The van der Waals surface area contributed by atoms with E-state index in [0.29, 0.717) is 5.56 Å². The second-order valence-corrected chi connectivity index (χ2v) is 4.56. The molecule has 0 saturated heterocycles. The number of rotatable bonds is 6. The highest BCUT2D eigenvalue weighted by molar-refractivity contribution is 6.02. The van der Waals surface area contributed by atoms with Crippen LogP contribution >= 0.6 is 0 Å². The number of nitrogens with zero attached hydrogens (tertiary/aromatic N) is 1. The van der Waals surface area contributed by atoms with Gasteiger partial charge in [-0.2, -0.15) is 0 Å². The van der Waals surface area contributed by atoms with E-state index in [1.165, 1.54) is 42.7 Å². The first-order valence-corrected chi connectivity index (χ1v) is 6.99. The molecule has 0 unspecified atom stereocenters. The van der Waals surface area contributed by atoms with Crippen LogP contribution in [-0.4, -0.2) is 23.4 Å². The molecule has 0 aliphatic carbocycles. The second-order valence-electron chi connectivity index (χ2n) is 4.56. The highest BCUT2D eigenvalue weighted by Crippen LogP contribution is 2.16. The summed E-state index contributed by atoms with van der Waals surface area (Å²) in [7, 11) is 0. The predicted octanol–water partition coefficient (Wildman–Crippen LogP) is 2.52. The Kier molecular flexibility index (Phi) is 5.45. The summed E-state index contributed by atoms with van der Waals surface area (Å²) in [6.45, 7) is 1.74. The smallest absolute Gasteiger partial charge is 0.354 e. The minimum absolute atomic E-state index is 0.0178. The molecule has 1 amide bonds. The lowest BCUT2D eigenvalue weighted by atomic mass is 10.1. The van der Waals surface area contributed by atoms with E-state index in [0.717, 1.165) is 0 Å². The van der Waals surface area contributed by atoms with Crippen molar-refractivity contribution in [2.75, 3.05) is 6.61 Å². The van der Waals surface area contributed by atoms with Gasteiger partial charge in [-0.3, -0.25) is 14.9 Å². The maximum atomic E-state index is 12.0. The average Bonchev–Trinajstić information content (AvgIpc) is 3.09. The van der Waals surface area contributed by atoms with Crippen molar-refractivity contribution in [3.8, 4) is 0 Å². The molecule has 1 N–H and O–H groups in total. The normalized spacial score (nSPS) is 11.0. The molecule has 2 aromatic rings. The molecule has 8 nitrogen and oxygen atoms in total. The van der Waals surface area contributed by atoms with E-state index in [2.05, 4.69) is 5.32 Å². The number of furan rings is 1. The number of benzene rings is 1. The van der Waals surface area contributed by atoms with Crippen molar-refractivity contribution in [1.82, 2.24) is 5.32 Å². The molecular formula is C16H14N2O6. The fourth-order valence-electron chi connectivity index (χ4n) is 1.84. The Morgan fingerprint density at radius 2 is 2.12 bits per heavy atom. The third kappa shape index (κ3) is 4.29. The van der Waals surface area contributed by atoms with Crippen LogP contribution in [0.15, 0.2) is 52.8 Å². The number of nitro groups is 1. The number of hydrogen-bond acceptors (Lipinski definition) is 6. The van der Waals surface area contributed by atoms with Crippen molar-refractivity contribution in [3.63, 3.8) is 0 Å². The molecule has 0 aliphatic heterocycles. The van der Waals surface area contributed by atoms with Gasteiger partial charge in [-0.05, 0) is 30.7 Å². The Labute approximate surface area is 136 Å². The fraction of sp³-hybridized carbons (Fsp3) is 0.125. The number of esters is 1. The maximum Gasteiger partial charge on any atom is 0.354 e. The standard InChI is InChI=1S/C16H14N2O6/c1-2-23-16(20)13(17-15(19)14-7-4-8-24-14)10-11-5-3-6-12(9-11)18(21)22/h3-10H,2H2,1H3,(H,17,19)/b13-10-. The number of nitro benzene ring substituents is 1. The molecule has 0 saturated carbocycles. The SMILES string of the molecule is CCOC(=O)/C(=C/c1cccc([N+](=O)[O-])c1)NC(=O)c1ccco1. The monoisotopic (exact) mass is 330 g/mol. The zero-order valence-corrected chi connectivity index (χ0v) is 12.7. The lowest BCUT2D eigenvalue weighted by Crippen LogP contribution is -2.28. The largest absolute Gasteiger partial charge is 0.461 e.